The average Bonchev–Trinajstić information content (AvgIpc) is 2.87. The van der Waals surface area contributed by atoms with Crippen molar-refractivity contribution in [3.63, 3.8) is 0 Å². The Labute approximate surface area is 208 Å². The molecule has 4 N–H and O–H groups in total. The molecule has 1 aliphatic carbocycles. The molecular weight excluding hydrogens is 461 g/mol. The monoisotopic (exact) mass is 491 g/mol. The minimum absolute atomic E-state index is 0.000177. The highest BCUT2D eigenvalue weighted by molar-refractivity contribution is 5.94. The molecule has 0 saturated carbocycles. The zero-order valence-corrected chi connectivity index (χ0v) is 20.0. The Kier molecular flexibility index (Phi) is 7.99. The Morgan fingerprint density at radius 3 is 2.53 bits per heavy atom. The second kappa shape index (κ2) is 11.5. The van der Waals surface area contributed by atoms with Gasteiger partial charge in [-0.05, 0) is 61.9 Å². The van der Waals surface area contributed by atoms with Crippen molar-refractivity contribution >= 4 is 23.1 Å². The summed E-state index contributed by atoms with van der Waals surface area (Å²) in [7, 11) is 0. The zero-order chi connectivity index (χ0) is 25.5. The predicted molar refractivity (Wildman–Crippen MR) is 140 cm³/mol. The third-order valence-corrected chi connectivity index (χ3v) is 6.26. The van der Waals surface area contributed by atoms with Crippen molar-refractivity contribution < 1.29 is 9.18 Å². The van der Waals surface area contributed by atoms with E-state index in [1.54, 1.807) is 4.90 Å². The standard InChI is InChI=1S/C27H30FN5O3/c28-21-11-13-22(14-12-21)30-23(34)18-32(16-15-19-7-3-1-4-8-19)24-25(29)33(27(36)31-26(24)35)17-20-9-5-2-6-10-20/h2,5-7,9-14H,1,3-4,8,15-18,29H2,(H,30,34)(H,31,35,36). The number of rotatable bonds is 9. The summed E-state index contributed by atoms with van der Waals surface area (Å²) in [5, 5.41) is 2.73. The van der Waals surface area contributed by atoms with Gasteiger partial charge in [0.05, 0.1) is 13.1 Å². The van der Waals surface area contributed by atoms with Crippen LogP contribution in [0.15, 0.2) is 75.8 Å². The summed E-state index contributed by atoms with van der Waals surface area (Å²) >= 11 is 0. The third kappa shape index (κ3) is 6.29. The number of carbonyl (C=O) groups is 1. The fourth-order valence-electron chi connectivity index (χ4n) is 4.39. The number of aromatic nitrogens is 2. The van der Waals surface area contributed by atoms with E-state index in [1.165, 1.54) is 34.4 Å². The Bertz CT molecular complexity index is 1350. The molecule has 36 heavy (non-hydrogen) atoms. The van der Waals surface area contributed by atoms with Gasteiger partial charge in [-0.25, -0.2) is 9.18 Å². The van der Waals surface area contributed by atoms with Gasteiger partial charge in [0.15, 0.2) is 0 Å². The van der Waals surface area contributed by atoms with E-state index < -0.39 is 17.1 Å². The Morgan fingerprint density at radius 2 is 1.83 bits per heavy atom. The van der Waals surface area contributed by atoms with Gasteiger partial charge in [-0.1, -0.05) is 42.0 Å². The lowest BCUT2D eigenvalue weighted by atomic mass is 9.97. The maximum absolute atomic E-state index is 13.2. The van der Waals surface area contributed by atoms with Crippen molar-refractivity contribution in [1.29, 1.82) is 0 Å². The molecular formula is C27H30FN5O3. The van der Waals surface area contributed by atoms with Crippen LogP contribution in [0.4, 0.5) is 21.6 Å². The van der Waals surface area contributed by atoms with Crippen molar-refractivity contribution in [3.8, 4) is 0 Å². The van der Waals surface area contributed by atoms with Crippen LogP contribution in [0.3, 0.4) is 0 Å². The molecule has 1 amide bonds. The first kappa shape index (κ1) is 25.0. The van der Waals surface area contributed by atoms with Crippen LogP contribution in [-0.2, 0) is 11.3 Å². The first-order valence-corrected chi connectivity index (χ1v) is 12.1. The first-order chi connectivity index (χ1) is 17.4. The molecule has 1 aliphatic rings. The highest BCUT2D eigenvalue weighted by Crippen LogP contribution is 2.23. The largest absolute Gasteiger partial charge is 0.383 e. The molecule has 4 rings (SSSR count). The van der Waals surface area contributed by atoms with E-state index in [-0.39, 0.29) is 30.5 Å². The van der Waals surface area contributed by atoms with Crippen LogP contribution in [0.5, 0.6) is 0 Å². The number of nitrogens with one attached hydrogen (secondary N) is 2. The molecule has 8 nitrogen and oxygen atoms in total. The molecule has 9 heteroatoms. The second-order valence-electron chi connectivity index (χ2n) is 8.90. The molecule has 0 atom stereocenters. The Balaban J connectivity index is 1.64. The van der Waals surface area contributed by atoms with E-state index in [0.29, 0.717) is 18.7 Å². The smallest absolute Gasteiger partial charge is 0.330 e. The normalized spacial score (nSPS) is 13.2. The molecule has 0 saturated heterocycles. The molecule has 0 fully saturated rings. The van der Waals surface area contributed by atoms with Crippen LogP contribution in [0, 0.1) is 5.82 Å². The number of hydrogen-bond acceptors (Lipinski definition) is 5. The van der Waals surface area contributed by atoms with Gasteiger partial charge in [0.1, 0.15) is 17.3 Å². The first-order valence-electron chi connectivity index (χ1n) is 12.1. The number of halogens is 1. The molecule has 1 heterocycles. The van der Waals surface area contributed by atoms with Crippen LogP contribution in [0.1, 0.15) is 37.7 Å². The van der Waals surface area contributed by atoms with Gasteiger partial charge in [-0.3, -0.25) is 19.1 Å². The number of benzene rings is 2. The summed E-state index contributed by atoms with van der Waals surface area (Å²) in [6.45, 7) is 0.386. The van der Waals surface area contributed by atoms with Crippen molar-refractivity contribution in [2.45, 2.75) is 38.6 Å². The Morgan fingerprint density at radius 1 is 1.08 bits per heavy atom. The second-order valence-corrected chi connectivity index (χ2v) is 8.90. The number of aromatic amines is 1. The van der Waals surface area contributed by atoms with E-state index in [1.807, 2.05) is 30.3 Å². The summed E-state index contributed by atoms with van der Waals surface area (Å²) in [5.41, 5.74) is 7.78. The van der Waals surface area contributed by atoms with E-state index in [0.717, 1.165) is 31.2 Å². The van der Waals surface area contributed by atoms with Gasteiger partial charge in [0.25, 0.3) is 5.56 Å². The number of hydrogen-bond donors (Lipinski definition) is 3. The summed E-state index contributed by atoms with van der Waals surface area (Å²) in [6.07, 6.45) is 7.15. The summed E-state index contributed by atoms with van der Waals surface area (Å²) < 4.78 is 14.5. The van der Waals surface area contributed by atoms with Gasteiger partial charge in [0, 0.05) is 12.2 Å². The summed E-state index contributed by atoms with van der Waals surface area (Å²) in [5.74, 6) is -0.797. The molecule has 1 aromatic heterocycles. The maximum Gasteiger partial charge on any atom is 0.330 e. The van der Waals surface area contributed by atoms with Crippen molar-refractivity contribution in [3.05, 3.63) is 98.5 Å². The van der Waals surface area contributed by atoms with E-state index >= 15 is 0 Å². The zero-order valence-electron chi connectivity index (χ0n) is 20.0. The molecule has 2 aromatic carbocycles. The topological polar surface area (TPSA) is 113 Å². The van der Waals surface area contributed by atoms with E-state index in [9.17, 15) is 18.8 Å². The fraction of sp³-hybridized carbons (Fsp3) is 0.296. The van der Waals surface area contributed by atoms with Crippen LogP contribution in [0.2, 0.25) is 0 Å². The van der Waals surface area contributed by atoms with Crippen LogP contribution < -0.4 is 27.2 Å². The fourth-order valence-corrected chi connectivity index (χ4v) is 4.39. The number of nitrogens with two attached hydrogens (primary N) is 1. The lowest BCUT2D eigenvalue weighted by Crippen LogP contribution is -2.42. The van der Waals surface area contributed by atoms with Gasteiger partial charge >= 0.3 is 5.69 Å². The Hall–Kier alpha value is -4.14. The number of anilines is 3. The quantitative estimate of drug-likeness (QED) is 0.396. The van der Waals surface area contributed by atoms with Gasteiger partial charge in [0.2, 0.25) is 5.91 Å². The summed E-state index contributed by atoms with van der Waals surface area (Å²) in [6, 6.07) is 14.7. The number of H-pyrrole nitrogens is 1. The third-order valence-electron chi connectivity index (χ3n) is 6.26. The average molecular weight is 492 g/mol. The lowest BCUT2D eigenvalue weighted by Gasteiger charge is -2.27. The number of nitrogens with zero attached hydrogens (tertiary/aromatic N) is 2. The number of allylic oxidation sites excluding steroid dienone is 1. The summed E-state index contributed by atoms with van der Waals surface area (Å²) in [4.78, 5) is 42.5. The highest BCUT2D eigenvalue weighted by Gasteiger charge is 2.22. The molecule has 188 valence electrons. The van der Waals surface area contributed by atoms with Gasteiger partial charge in [-0.15, -0.1) is 0 Å². The van der Waals surface area contributed by atoms with Gasteiger partial charge in [-0.2, -0.15) is 0 Å². The minimum atomic E-state index is -0.644. The van der Waals surface area contributed by atoms with Crippen LogP contribution >= 0.6 is 0 Å². The van der Waals surface area contributed by atoms with Crippen molar-refractivity contribution in [1.82, 2.24) is 9.55 Å². The van der Waals surface area contributed by atoms with Crippen LogP contribution in [0.25, 0.3) is 0 Å². The molecule has 0 radical (unpaired) electrons. The number of nitrogen functional groups attached to an aromatic ring is 1. The molecule has 0 aliphatic heterocycles. The van der Waals surface area contributed by atoms with Gasteiger partial charge < -0.3 is 16.0 Å². The predicted octanol–water partition coefficient (Wildman–Crippen LogP) is 3.64. The lowest BCUT2D eigenvalue weighted by molar-refractivity contribution is -0.115. The maximum atomic E-state index is 13.2. The van der Waals surface area contributed by atoms with Crippen molar-refractivity contribution in [2.24, 2.45) is 0 Å². The van der Waals surface area contributed by atoms with E-state index in [4.69, 9.17) is 5.73 Å². The van der Waals surface area contributed by atoms with Crippen molar-refractivity contribution in [2.75, 3.05) is 29.0 Å². The van der Waals surface area contributed by atoms with E-state index in [2.05, 4.69) is 16.4 Å². The SMILES string of the molecule is Nc1c(N(CCC2=CCCCC2)CC(=O)Nc2ccc(F)cc2)c(=O)[nH]c(=O)n1Cc1ccccc1. The number of amides is 1. The molecule has 3 aromatic rings. The molecule has 0 bridgehead atoms. The highest BCUT2D eigenvalue weighted by atomic mass is 19.1. The molecule has 0 unspecified atom stereocenters. The van der Waals surface area contributed by atoms with Crippen LogP contribution in [-0.4, -0.2) is 28.5 Å². The molecule has 0 spiro atoms. The minimum Gasteiger partial charge on any atom is -0.383 e. The number of carbonyl (C=O) groups excluding carboxylic acids is 1.